The summed E-state index contributed by atoms with van der Waals surface area (Å²) >= 11 is 5.90. The Kier molecular flexibility index (Phi) is 4.81. The minimum Gasteiger partial charge on any atom is -0.471 e. The number of halogens is 1. The number of anilines is 1. The lowest BCUT2D eigenvalue weighted by molar-refractivity contribution is 0.102. The summed E-state index contributed by atoms with van der Waals surface area (Å²) < 4.78 is 8.85. The Morgan fingerprint density at radius 3 is 2.83 bits per heavy atom. The van der Waals surface area contributed by atoms with E-state index in [4.69, 9.17) is 16.3 Å². The van der Waals surface area contributed by atoms with Gasteiger partial charge in [-0.2, -0.15) is 10.2 Å². The normalized spacial score (nSPS) is 10.6. The molecule has 0 bridgehead atoms. The van der Waals surface area contributed by atoms with Crippen LogP contribution in [-0.4, -0.2) is 25.5 Å². The molecule has 24 heavy (non-hydrogen) atoms. The van der Waals surface area contributed by atoms with Crippen molar-refractivity contribution in [2.24, 2.45) is 0 Å². The molecule has 0 saturated heterocycles. The summed E-state index contributed by atoms with van der Waals surface area (Å²) in [6, 6.07) is 7.11. The zero-order valence-corrected chi connectivity index (χ0v) is 13.8. The lowest BCUT2D eigenvalue weighted by Crippen LogP contribution is -2.11. The molecule has 1 N–H and O–H groups in total. The minimum atomic E-state index is -0.231. The predicted molar refractivity (Wildman–Crippen MR) is 90.2 cm³/mol. The number of benzene rings is 1. The summed E-state index contributed by atoms with van der Waals surface area (Å²) in [7, 11) is 0. The Morgan fingerprint density at radius 2 is 2.08 bits per heavy atom. The number of aromatic nitrogens is 4. The molecule has 0 atom stereocenters. The van der Waals surface area contributed by atoms with Crippen LogP contribution in [0.5, 0.6) is 5.75 Å². The topological polar surface area (TPSA) is 74.0 Å². The first-order valence-corrected chi connectivity index (χ1v) is 7.76. The number of hydrogen-bond acceptors (Lipinski definition) is 4. The van der Waals surface area contributed by atoms with E-state index in [1.807, 2.05) is 19.1 Å². The van der Waals surface area contributed by atoms with Crippen molar-refractivity contribution in [2.45, 2.75) is 20.2 Å². The minimum absolute atomic E-state index is 0.212. The fourth-order valence-electron chi connectivity index (χ4n) is 2.05. The molecule has 124 valence electrons. The number of ether oxygens (including phenoxy) is 1. The first-order chi connectivity index (χ1) is 11.6. The second-order valence-corrected chi connectivity index (χ2v) is 5.47. The standard InChI is InChI=1S/C16H16ClN5O2/c1-2-21-9-12(7-18-21)16(23)20-14-8-19-22(10-14)11-24-15-5-3-4-13(17)6-15/h3-10H,2,11H2,1H3,(H,20,23). The van der Waals surface area contributed by atoms with E-state index in [0.29, 0.717) is 28.6 Å². The van der Waals surface area contributed by atoms with Gasteiger partial charge in [0.25, 0.3) is 5.91 Å². The monoisotopic (exact) mass is 345 g/mol. The molecule has 3 aromatic rings. The van der Waals surface area contributed by atoms with Crippen LogP contribution in [-0.2, 0) is 13.3 Å². The predicted octanol–water partition coefficient (Wildman–Crippen LogP) is 3.04. The van der Waals surface area contributed by atoms with Gasteiger partial charge in [0.15, 0.2) is 6.73 Å². The van der Waals surface area contributed by atoms with Gasteiger partial charge in [0.1, 0.15) is 5.75 Å². The van der Waals surface area contributed by atoms with Crippen molar-refractivity contribution in [3.63, 3.8) is 0 Å². The van der Waals surface area contributed by atoms with Crippen LogP contribution in [0.1, 0.15) is 17.3 Å². The molecule has 0 aliphatic carbocycles. The van der Waals surface area contributed by atoms with Gasteiger partial charge in [0, 0.05) is 17.8 Å². The Morgan fingerprint density at radius 1 is 1.25 bits per heavy atom. The Hall–Kier alpha value is -2.80. The maximum Gasteiger partial charge on any atom is 0.258 e. The fourth-order valence-corrected chi connectivity index (χ4v) is 2.23. The number of carbonyl (C=O) groups excluding carboxylic acids is 1. The van der Waals surface area contributed by atoms with E-state index >= 15 is 0 Å². The molecule has 0 radical (unpaired) electrons. The highest BCUT2D eigenvalue weighted by molar-refractivity contribution is 6.30. The second kappa shape index (κ2) is 7.18. The van der Waals surface area contributed by atoms with Crippen molar-refractivity contribution in [1.29, 1.82) is 0 Å². The molecule has 0 spiro atoms. The van der Waals surface area contributed by atoms with Crippen molar-refractivity contribution in [2.75, 3.05) is 5.32 Å². The van der Waals surface area contributed by atoms with Crippen LogP contribution in [0.15, 0.2) is 49.1 Å². The molecule has 3 rings (SSSR count). The molecule has 2 aromatic heterocycles. The smallest absolute Gasteiger partial charge is 0.258 e. The van der Waals surface area contributed by atoms with E-state index < -0.39 is 0 Å². The summed E-state index contributed by atoms with van der Waals surface area (Å²) in [4.78, 5) is 12.1. The fraction of sp³-hybridized carbons (Fsp3) is 0.188. The maximum atomic E-state index is 12.1. The zero-order valence-electron chi connectivity index (χ0n) is 13.0. The molecule has 0 aliphatic rings. The van der Waals surface area contributed by atoms with Crippen molar-refractivity contribution in [3.8, 4) is 5.75 Å². The Balaban J connectivity index is 1.58. The van der Waals surface area contributed by atoms with Gasteiger partial charge in [0.05, 0.1) is 29.8 Å². The van der Waals surface area contributed by atoms with Gasteiger partial charge in [-0.3, -0.25) is 9.48 Å². The van der Waals surface area contributed by atoms with Gasteiger partial charge in [-0.1, -0.05) is 17.7 Å². The first-order valence-electron chi connectivity index (χ1n) is 7.38. The average Bonchev–Trinajstić information content (AvgIpc) is 3.22. The quantitative estimate of drug-likeness (QED) is 0.745. The molecule has 0 fully saturated rings. The molecular formula is C16H16ClN5O2. The molecule has 0 saturated carbocycles. The molecule has 0 aliphatic heterocycles. The summed E-state index contributed by atoms with van der Waals surface area (Å²) in [6.07, 6.45) is 6.48. The van der Waals surface area contributed by atoms with Crippen LogP contribution in [0.2, 0.25) is 5.02 Å². The molecule has 1 amide bonds. The van der Waals surface area contributed by atoms with Crippen LogP contribution in [0, 0.1) is 0 Å². The van der Waals surface area contributed by atoms with Crippen molar-refractivity contribution >= 4 is 23.2 Å². The number of amides is 1. The highest BCUT2D eigenvalue weighted by Crippen LogP contribution is 2.17. The zero-order chi connectivity index (χ0) is 16.9. The van der Waals surface area contributed by atoms with Crippen molar-refractivity contribution < 1.29 is 9.53 Å². The number of nitrogens with one attached hydrogen (secondary N) is 1. The average molecular weight is 346 g/mol. The Bertz CT molecular complexity index is 842. The maximum absolute atomic E-state index is 12.1. The third-order valence-electron chi connectivity index (χ3n) is 3.27. The Labute approximate surface area is 143 Å². The molecule has 7 nitrogen and oxygen atoms in total. The van der Waals surface area contributed by atoms with Crippen LogP contribution >= 0.6 is 11.6 Å². The van der Waals surface area contributed by atoms with E-state index in [0.717, 1.165) is 0 Å². The molecular weight excluding hydrogens is 330 g/mol. The first kappa shape index (κ1) is 16.1. The molecule has 2 heterocycles. The molecule has 8 heteroatoms. The largest absolute Gasteiger partial charge is 0.471 e. The van der Waals surface area contributed by atoms with E-state index in [1.165, 1.54) is 6.20 Å². The highest BCUT2D eigenvalue weighted by atomic mass is 35.5. The van der Waals surface area contributed by atoms with E-state index in [-0.39, 0.29) is 12.6 Å². The van der Waals surface area contributed by atoms with Crippen LogP contribution in [0.25, 0.3) is 0 Å². The van der Waals surface area contributed by atoms with Gasteiger partial charge >= 0.3 is 0 Å². The third-order valence-corrected chi connectivity index (χ3v) is 3.51. The van der Waals surface area contributed by atoms with Crippen LogP contribution in [0.3, 0.4) is 0 Å². The van der Waals surface area contributed by atoms with Crippen LogP contribution in [0.4, 0.5) is 5.69 Å². The summed E-state index contributed by atoms with van der Waals surface area (Å²) in [6.45, 7) is 2.88. The van der Waals surface area contributed by atoms with Gasteiger partial charge < -0.3 is 10.1 Å². The van der Waals surface area contributed by atoms with Crippen molar-refractivity contribution in [3.05, 3.63) is 59.6 Å². The van der Waals surface area contributed by atoms with Crippen LogP contribution < -0.4 is 10.1 Å². The van der Waals surface area contributed by atoms with Gasteiger partial charge in [-0.25, -0.2) is 4.68 Å². The number of aryl methyl sites for hydroxylation is 1. The summed E-state index contributed by atoms with van der Waals surface area (Å²) in [5, 5.41) is 11.6. The van der Waals surface area contributed by atoms with Gasteiger partial charge in [-0.15, -0.1) is 0 Å². The van der Waals surface area contributed by atoms with E-state index in [1.54, 1.807) is 40.1 Å². The van der Waals surface area contributed by atoms with Gasteiger partial charge in [-0.05, 0) is 25.1 Å². The van der Waals surface area contributed by atoms with Gasteiger partial charge in [0.2, 0.25) is 0 Å². The number of nitrogens with zero attached hydrogens (tertiary/aromatic N) is 4. The number of rotatable bonds is 6. The lowest BCUT2D eigenvalue weighted by atomic mass is 10.3. The molecule has 0 unspecified atom stereocenters. The van der Waals surface area contributed by atoms with E-state index in [9.17, 15) is 4.79 Å². The SMILES string of the molecule is CCn1cc(C(=O)Nc2cnn(COc3cccc(Cl)c3)c2)cn1. The van der Waals surface area contributed by atoms with Crippen molar-refractivity contribution in [1.82, 2.24) is 19.6 Å². The number of carbonyl (C=O) groups is 1. The lowest BCUT2D eigenvalue weighted by Gasteiger charge is -2.06. The summed E-state index contributed by atoms with van der Waals surface area (Å²) in [5.74, 6) is 0.417. The third kappa shape index (κ3) is 3.94. The highest BCUT2D eigenvalue weighted by Gasteiger charge is 2.10. The molecule has 1 aromatic carbocycles. The van der Waals surface area contributed by atoms with E-state index in [2.05, 4.69) is 15.5 Å². The summed E-state index contributed by atoms with van der Waals surface area (Å²) in [5.41, 5.74) is 1.08. The number of hydrogen-bond donors (Lipinski definition) is 1. The second-order valence-electron chi connectivity index (χ2n) is 5.04.